The predicted molar refractivity (Wildman–Crippen MR) is 81.5 cm³/mol. The molecule has 0 aliphatic rings. The van der Waals surface area contributed by atoms with Crippen molar-refractivity contribution in [1.82, 2.24) is 4.72 Å². The third kappa shape index (κ3) is 4.56. The summed E-state index contributed by atoms with van der Waals surface area (Å²) in [7, 11) is -3.49. The van der Waals surface area contributed by atoms with Gasteiger partial charge in [-0.3, -0.25) is 0 Å². The van der Waals surface area contributed by atoms with E-state index in [-0.39, 0.29) is 18.0 Å². The summed E-state index contributed by atoms with van der Waals surface area (Å²) in [5.41, 5.74) is 6.34. The van der Waals surface area contributed by atoms with Crippen molar-refractivity contribution in [2.45, 2.75) is 11.5 Å². The number of nitrogens with two attached hydrogens (primary N) is 1. The lowest BCUT2D eigenvalue weighted by atomic mass is 10.2. The van der Waals surface area contributed by atoms with Crippen LogP contribution in [-0.4, -0.2) is 21.5 Å². The minimum absolute atomic E-state index is 0.197. The van der Waals surface area contributed by atoms with Crippen molar-refractivity contribution in [1.29, 1.82) is 0 Å². The molecule has 2 aromatic rings. The average Bonchev–Trinajstić information content (AvgIpc) is 2.52. The van der Waals surface area contributed by atoms with Gasteiger partial charge in [0.15, 0.2) is 0 Å². The highest BCUT2D eigenvalue weighted by Gasteiger charge is 2.12. The summed E-state index contributed by atoms with van der Waals surface area (Å²) in [5, 5.41) is 0. The van der Waals surface area contributed by atoms with Crippen LogP contribution in [0.4, 0.5) is 0 Å². The summed E-state index contributed by atoms with van der Waals surface area (Å²) in [6.07, 6.45) is 0. The summed E-state index contributed by atoms with van der Waals surface area (Å²) >= 11 is 0. The molecule has 21 heavy (non-hydrogen) atoms. The number of hydrogen-bond acceptors (Lipinski definition) is 4. The molecule has 0 amide bonds. The highest BCUT2D eigenvalue weighted by molar-refractivity contribution is 7.89. The van der Waals surface area contributed by atoms with Crippen LogP contribution in [0.15, 0.2) is 59.5 Å². The fourth-order valence-electron chi connectivity index (χ4n) is 1.73. The highest BCUT2D eigenvalue weighted by atomic mass is 32.2. The van der Waals surface area contributed by atoms with Crippen molar-refractivity contribution in [2.75, 3.05) is 13.1 Å². The van der Waals surface area contributed by atoms with Crippen LogP contribution in [0.3, 0.4) is 0 Å². The second-order valence-electron chi connectivity index (χ2n) is 4.43. The Morgan fingerprint density at radius 1 is 1.00 bits per heavy atom. The molecule has 0 spiro atoms. The van der Waals surface area contributed by atoms with E-state index in [2.05, 4.69) is 4.72 Å². The Morgan fingerprint density at radius 3 is 2.29 bits per heavy atom. The Balaban J connectivity index is 1.99. The maximum Gasteiger partial charge on any atom is 0.240 e. The number of nitrogens with one attached hydrogen (secondary N) is 1. The maximum absolute atomic E-state index is 11.9. The number of ether oxygens (including phenoxy) is 1. The molecule has 2 rings (SSSR count). The molecule has 0 fully saturated rings. The molecule has 0 aromatic heterocycles. The van der Waals surface area contributed by atoms with E-state index in [4.69, 9.17) is 10.5 Å². The first-order valence-corrected chi connectivity index (χ1v) is 8.06. The summed E-state index contributed by atoms with van der Waals surface area (Å²) in [5.74, 6) is 0.622. The Hall–Kier alpha value is -1.89. The van der Waals surface area contributed by atoms with Gasteiger partial charge in [0.2, 0.25) is 10.0 Å². The van der Waals surface area contributed by atoms with Crippen LogP contribution in [0.5, 0.6) is 5.75 Å². The van der Waals surface area contributed by atoms with Gasteiger partial charge in [-0.05, 0) is 29.8 Å². The monoisotopic (exact) mass is 306 g/mol. The van der Waals surface area contributed by atoms with Gasteiger partial charge in [0, 0.05) is 13.1 Å². The first-order chi connectivity index (χ1) is 10.1. The molecule has 0 radical (unpaired) electrons. The molecule has 0 saturated carbocycles. The molecule has 0 unspecified atom stereocenters. The van der Waals surface area contributed by atoms with Crippen molar-refractivity contribution >= 4 is 10.0 Å². The van der Waals surface area contributed by atoms with Crippen LogP contribution in [0.1, 0.15) is 5.56 Å². The number of hydrogen-bond donors (Lipinski definition) is 2. The Kier molecular flexibility index (Phi) is 5.32. The molecule has 0 aliphatic carbocycles. The first kappa shape index (κ1) is 15.5. The fourth-order valence-corrected chi connectivity index (χ4v) is 2.78. The van der Waals surface area contributed by atoms with E-state index in [0.717, 1.165) is 5.56 Å². The van der Waals surface area contributed by atoms with Gasteiger partial charge in [0.1, 0.15) is 12.4 Å². The third-order valence-corrected chi connectivity index (χ3v) is 4.30. The van der Waals surface area contributed by atoms with Gasteiger partial charge in [-0.2, -0.15) is 0 Å². The average molecular weight is 306 g/mol. The van der Waals surface area contributed by atoms with Gasteiger partial charge in [-0.15, -0.1) is 0 Å². The zero-order chi connectivity index (χ0) is 15.1. The second-order valence-corrected chi connectivity index (χ2v) is 6.20. The van der Waals surface area contributed by atoms with Crippen LogP contribution in [-0.2, 0) is 16.6 Å². The molecule has 2 aromatic carbocycles. The van der Waals surface area contributed by atoms with Gasteiger partial charge in [0.25, 0.3) is 0 Å². The van der Waals surface area contributed by atoms with E-state index in [1.165, 1.54) is 12.1 Å². The SMILES string of the molecule is NCCNS(=O)(=O)c1ccc(OCc2ccccc2)cc1. The molecule has 3 N–H and O–H groups in total. The van der Waals surface area contributed by atoms with Gasteiger partial charge < -0.3 is 10.5 Å². The second kappa shape index (κ2) is 7.21. The Bertz CT molecular complexity index is 655. The quantitative estimate of drug-likeness (QED) is 0.812. The van der Waals surface area contributed by atoms with Gasteiger partial charge in [-0.1, -0.05) is 30.3 Å². The normalized spacial score (nSPS) is 11.3. The zero-order valence-corrected chi connectivity index (χ0v) is 12.3. The van der Waals surface area contributed by atoms with E-state index in [0.29, 0.717) is 12.4 Å². The zero-order valence-electron chi connectivity index (χ0n) is 11.5. The minimum Gasteiger partial charge on any atom is -0.489 e. The van der Waals surface area contributed by atoms with Crippen LogP contribution < -0.4 is 15.2 Å². The van der Waals surface area contributed by atoms with Crippen molar-refractivity contribution in [3.8, 4) is 5.75 Å². The van der Waals surface area contributed by atoms with Crippen molar-refractivity contribution in [2.24, 2.45) is 5.73 Å². The smallest absolute Gasteiger partial charge is 0.240 e. The van der Waals surface area contributed by atoms with Crippen molar-refractivity contribution < 1.29 is 13.2 Å². The molecule has 5 nitrogen and oxygen atoms in total. The third-order valence-electron chi connectivity index (χ3n) is 2.82. The molecule has 0 atom stereocenters. The number of rotatable bonds is 7. The lowest BCUT2D eigenvalue weighted by Crippen LogP contribution is -2.29. The van der Waals surface area contributed by atoms with Crippen LogP contribution in [0.25, 0.3) is 0 Å². The van der Waals surface area contributed by atoms with E-state index < -0.39 is 10.0 Å². The fraction of sp³-hybridized carbons (Fsp3) is 0.200. The van der Waals surface area contributed by atoms with E-state index in [1.54, 1.807) is 12.1 Å². The lowest BCUT2D eigenvalue weighted by molar-refractivity contribution is 0.306. The van der Waals surface area contributed by atoms with Crippen LogP contribution in [0.2, 0.25) is 0 Å². The summed E-state index contributed by atoms with van der Waals surface area (Å²) in [6.45, 7) is 0.921. The van der Waals surface area contributed by atoms with Gasteiger partial charge in [-0.25, -0.2) is 13.1 Å². The first-order valence-electron chi connectivity index (χ1n) is 6.58. The summed E-state index contributed by atoms with van der Waals surface area (Å²) in [6, 6.07) is 16.1. The topological polar surface area (TPSA) is 81.4 Å². The Labute approximate surface area is 124 Å². The van der Waals surface area contributed by atoms with Crippen molar-refractivity contribution in [3.05, 3.63) is 60.2 Å². The molecular formula is C15H18N2O3S. The van der Waals surface area contributed by atoms with E-state index in [9.17, 15) is 8.42 Å². The molecule has 6 heteroatoms. The summed E-state index contributed by atoms with van der Waals surface area (Å²) < 4.78 is 31.8. The standard InChI is InChI=1S/C15H18N2O3S/c16-10-11-17-21(18,19)15-8-6-14(7-9-15)20-12-13-4-2-1-3-5-13/h1-9,17H,10-12,16H2. The Morgan fingerprint density at radius 2 is 1.67 bits per heavy atom. The largest absolute Gasteiger partial charge is 0.489 e. The van der Waals surface area contributed by atoms with Gasteiger partial charge in [0.05, 0.1) is 4.90 Å². The molecule has 0 bridgehead atoms. The minimum atomic E-state index is -3.49. The molecule has 0 aliphatic heterocycles. The van der Waals surface area contributed by atoms with Crippen LogP contribution >= 0.6 is 0 Å². The van der Waals surface area contributed by atoms with E-state index >= 15 is 0 Å². The highest BCUT2D eigenvalue weighted by Crippen LogP contribution is 2.17. The maximum atomic E-state index is 11.9. The summed E-state index contributed by atoms with van der Waals surface area (Å²) in [4.78, 5) is 0.197. The van der Waals surface area contributed by atoms with Crippen molar-refractivity contribution in [3.63, 3.8) is 0 Å². The van der Waals surface area contributed by atoms with Crippen LogP contribution in [0, 0.1) is 0 Å². The molecular weight excluding hydrogens is 288 g/mol. The lowest BCUT2D eigenvalue weighted by Gasteiger charge is -2.08. The molecule has 0 saturated heterocycles. The number of sulfonamides is 1. The van der Waals surface area contributed by atoms with E-state index in [1.807, 2.05) is 30.3 Å². The van der Waals surface area contributed by atoms with Gasteiger partial charge >= 0.3 is 0 Å². The molecule has 112 valence electrons. The number of benzene rings is 2. The predicted octanol–water partition coefficient (Wildman–Crippen LogP) is 1.50. The molecule has 0 heterocycles.